The second kappa shape index (κ2) is 6.12. The van der Waals surface area contributed by atoms with Gasteiger partial charge in [0.15, 0.2) is 0 Å². The van der Waals surface area contributed by atoms with Gasteiger partial charge in [0.1, 0.15) is 23.4 Å². The van der Waals surface area contributed by atoms with Crippen LogP contribution in [0.25, 0.3) is 11.0 Å². The van der Waals surface area contributed by atoms with Gasteiger partial charge in [0.2, 0.25) is 0 Å². The molecule has 0 radical (unpaired) electrons. The van der Waals surface area contributed by atoms with Crippen LogP contribution in [0.15, 0.2) is 18.6 Å². The number of aromatic nitrogens is 3. The number of rotatable bonds is 3. The molecule has 22 heavy (non-hydrogen) atoms. The Balaban J connectivity index is 1.46. The summed E-state index contributed by atoms with van der Waals surface area (Å²) in [6, 6.07) is 1.95. The number of fused-ring (bicyclic) bond motifs is 1. The Morgan fingerprint density at radius 3 is 2.95 bits per heavy atom. The number of hydrogen-bond acceptors (Lipinski definition) is 5. The molecule has 2 saturated heterocycles. The summed E-state index contributed by atoms with van der Waals surface area (Å²) < 4.78 is 13.7. The van der Waals surface area contributed by atoms with Crippen molar-refractivity contribution < 1.29 is 9.47 Å². The average molecular weight is 323 g/mol. The monoisotopic (exact) mass is 322 g/mol. The van der Waals surface area contributed by atoms with E-state index in [0.717, 1.165) is 56.7 Å². The van der Waals surface area contributed by atoms with E-state index < -0.39 is 0 Å². The largest absolute Gasteiger partial charge is 0.379 e. The molecule has 0 aliphatic carbocycles. The predicted molar refractivity (Wildman–Crippen MR) is 82.9 cm³/mol. The van der Waals surface area contributed by atoms with Gasteiger partial charge < -0.3 is 14.0 Å². The Labute approximate surface area is 134 Å². The van der Waals surface area contributed by atoms with Crippen molar-refractivity contribution in [2.75, 3.05) is 32.8 Å². The summed E-state index contributed by atoms with van der Waals surface area (Å²) in [6.45, 7) is 4.63. The lowest BCUT2D eigenvalue weighted by atomic mass is 10.2. The normalized spacial score (nSPS) is 26.8. The number of nitrogens with zero attached hydrogens (tertiary/aromatic N) is 4. The first-order chi connectivity index (χ1) is 10.8. The van der Waals surface area contributed by atoms with Crippen LogP contribution in [0, 0.1) is 0 Å². The van der Waals surface area contributed by atoms with Crippen molar-refractivity contribution in [2.24, 2.45) is 0 Å². The van der Waals surface area contributed by atoms with Gasteiger partial charge in [-0.3, -0.25) is 4.90 Å². The minimum absolute atomic E-state index is 0.0366. The van der Waals surface area contributed by atoms with Gasteiger partial charge in [-0.1, -0.05) is 11.6 Å². The summed E-state index contributed by atoms with van der Waals surface area (Å²) in [5.41, 5.74) is 0.844. The highest BCUT2D eigenvalue weighted by molar-refractivity contribution is 6.33. The molecule has 2 aromatic rings. The molecule has 6 nitrogen and oxygen atoms in total. The zero-order valence-corrected chi connectivity index (χ0v) is 13.1. The van der Waals surface area contributed by atoms with Gasteiger partial charge in [-0.25, -0.2) is 9.97 Å². The van der Waals surface area contributed by atoms with Gasteiger partial charge in [0.25, 0.3) is 0 Å². The molecule has 0 N–H and O–H groups in total. The number of morpholine rings is 1. The van der Waals surface area contributed by atoms with Crippen molar-refractivity contribution in [3.05, 3.63) is 23.7 Å². The van der Waals surface area contributed by atoms with E-state index in [0.29, 0.717) is 5.15 Å². The Bertz CT molecular complexity index is 656. The maximum absolute atomic E-state index is 6.23. The second-order valence-electron chi connectivity index (χ2n) is 5.83. The first-order valence-corrected chi connectivity index (χ1v) is 8.11. The van der Waals surface area contributed by atoms with Crippen LogP contribution in [0.1, 0.15) is 19.1 Å². The molecule has 2 aliphatic heterocycles. The van der Waals surface area contributed by atoms with Crippen LogP contribution in [0.2, 0.25) is 5.15 Å². The Morgan fingerprint density at radius 1 is 1.23 bits per heavy atom. The van der Waals surface area contributed by atoms with E-state index in [9.17, 15) is 0 Å². The van der Waals surface area contributed by atoms with E-state index >= 15 is 0 Å². The maximum atomic E-state index is 6.23. The lowest BCUT2D eigenvalue weighted by Gasteiger charge is -2.29. The molecule has 2 unspecified atom stereocenters. The Morgan fingerprint density at radius 2 is 2.09 bits per heavy atom. The lowest BCUT2D eigenvalue weighted by molar-refractivity contribution is -0.0309. The van der Waals surface area contributed by atoms with E-state index in [4.69, 9.17) is 21.1 Å². The third kappa shape index (κ3) is 2.72. The van der Waals surface area contributed by atoms with Gasteiger partial charge in [-0.05, 0) is 18.9 Å². The van der Waals surface area contributed by atoms with Gasteiger partial charge in [-0.15, -0.1) is 0 Å². The molecule has 118 valence electrons. The standard InChI is InChI=1S/C15H19ClN4O2/c16-14-12-3-4-20(15(12)18-10-17-14)13-2-1-11(22-13)9-19-5-7-21-8-6-19/h3-4,10-11,13H,1-2,5-9H2. The molecule has 2 aromatic heterocycles. The zero-order chi connectivity index (χ0) is 14.9. The van der Waals surface area contributed by atoms with Crippen LogP contribution in [0.3, 0.4) is 0 Å². The fraction of sp³-hybridized carbons (Fsp3) is 0.600. The predicted octanol–water partition coefficient (Wildman–Crippen LogP) is 2.09. The minimum Gasteiger partial charge on any atom is -0.379 e. The highest BCUT2D eigenvalue weighted by atomic mass is 35.5. The van der Waals surface area contributed by atoms with Crippen molar-refractivity contribution >= 4 is 22.6 Å². The molecular formula is C15H19ClN4O2. The molecule has 7 heteroatoms. The van der Waals surface area contributed by atoms with E-state index in [-0.39, 0.29) is 12.3 Å². The third-order valence-electron chi connectivity index (χ3n) is 4.42. The molecule has 0 saturated carbocycles. The molecule has 4 rings (SSSR count). The fourth-order valence-corrected chi connectivity index (χ4v) is 3.46. The summed E-state index contributed by atoms with van der Waals surface area (Å²) in [6.07, 6.45) is 5.88. The Hall–Kier alpha value is -1.21. The first kappa shape index (κ1) is 14.4. The van der Waals surface area contributed by atoms with E-state index in [2.05, 4.69) is 19.4 Å². The number of halogens is 1. The van der Waals surface area contributed by atoms with Crippen LogP contribution >= 0.6 is 11.6 Å². The highest BCUT2D eigenvalue weighted by Crippen LogP contribution is 2.32. The number of hydrogen-bond donors (Lipinski definition) is 0. The molecule has 0 bridgehead atoms. The van der Waals surface area contributed by atoms with Crippen molar-refractivity contribution in [1.82, 2.24) is 19.4 Å². The third-order valence-corrected chi connectivity index (χ3v) is 4.72. The van der Waals surface area contributed by atoms with Crippen LogP contribution in [-0.2, 0) is 9.47 Å². The van der Waals surface area contributed by atoms with Crippen LogP contribution < -0.4 is 0 Å². The molecule has 2 fully saturated rings. The van der Waals surface area contributed by atoms with E-state index in [1.807, 2.05) is 12.3 Å². The minimum atomic E-state index is 0.0366. The number of ether oxygens (including phenoxy) is 2. The average Bonchev–Trinajstić information content (AvgIpc) is 3.15. The summed E-state index contributed by atoms with van der Waals surface area (Å²) in [5, 5.41) is 1.37. The smallest absolute Gasteiger partial charge is 0.146 e. The maximum Gasteiger partial charge on any atom is 0.146 e. The van der Waals surface area contributed by atoms with Gasteiger partial charge in [0, 0.05) is 25.8 Å². The summed E-state index contributed by atoms with van der Waals surface area (Å²) in [7, 11) is 0. The Kier molecular flexibility index (Phi) is 4.00. The molecular weight excluding hydrogens is 304 g/mol. The van der Waals surface area contributed by atoms with E-state index in [1.54, 1.807) is 0 Å². The van der Waals surface area contributed by atoms with Crippen molar-refractivity contribution in [1.29, 1.82) is 0 Å². The summed E-state index contributed by atoms with van der Waals surface area (Å²) in [5.74, 6) is 0. The van der Waals surface area contributed by atoms with Crippen molar-refractivity contribution in [2.45, 2.75) is 25.2 Å². The van der Waals surface area contributed by atoms with E-state index in [1.165, 1.54) is 6.33 Å². The fourth-order valence-electron chi connectivity index (χ4n) is 3.27. The molecule has 4 heterocycles. The molecule has 2 aliphatic rings. The molecule has 0 spiro atoms. The highest BCUT2D eigenvalue weighted by Gasteiger charge is 2.29. The van der Waals surface area contributed by atoms with Crippen LogP contribution in [0.5, 0.6) is 0 Å². The van der Waals surface area contributed by atoms with Crippen LogP contribution in [-0.4, -0.2) is 58.4 Å². The second-order valence-corrected chi connectivity index (χ2v) is 6.19. The first-order valence-electron chi connectivity index (χ1n) is 7.74. The van der Waals surface area contributed by atoms with Crippen molar-refractivity contribution in [3.63, 3.8) is 0 Å². The quantitative estimate of drug-likeness (QED) is 0.810. The summed E-state index contributed by atoms with van der Waals surface area (Å²) >= 11 is 6.11. The van der Waals surface area contributed by atoms with Crippen LogP contribution in [0.4, 0.5) is 0 Å². The molecule has 0 aromatic carbocycles. The SMILES string of the molecule is Clc1ncnc2c1ccn2C1CCC(CN2CCOCC2)O1. The molecule has 0 amide bonds. The lowest BCUT2D eigenvalue weighted by Crippen LogP contribution is -2.40. The molecule has 2 atom stereocenters. The van der Waals surface area contributed by atoms with Gasteiger partial charge >= 0.3 is 0 Å². The summed E-state index contributed by atoms with van der Waals surface area (Å²) in [4.78, 5) is 10.8. The van der Waals surface area contributed by atoms with Gasteiger partial charge in [0.05, 0.1) is 24.7 Å². The van der Waals surface area contributed by atoms with Gasteiger partial charge in [-0.2, -0.15) is 0 Å². The topological polar surface area (TPSA) is 52.4 Å². The van der Waals surface area contributed by atoms with Crippen molar-refractivity contribution in [3.8, 4) is 0 Å². The zero-order valence-electron chi connectivity index (χ0n) is 12.3.